The van der Waals surface area contributed by atoms with Crippen LogP contribution in [0.15, 0.2) is 36.4 Å². The summed E-state index contributed by atoms with van der Waals surface area (Å²) in [5.74, 6) is 0. The van der Waals surface area contributed by atoms with Gasteiger partial charge in [0.2, 0.25) is 0 Å². The number of carbonyl (C=O) groups is 1. The summed E-state index contributed by atoms with van der Waals surface area (Å²) < 4.78 is 38.4. The van der Waals surface area contributed by atoms with E-state index in [1.165, 1.54) is 0 Å². The maximum absolute atomic E-state index is 12.8. The van der Waals surface area contributed by atoms with Gasteiger partial charge in [-0.3, -0.25) is 0 Å². The number of nitrogens with two attached hydrogens (primary N) is 1. The Morgan fingerprint density at radius 3 is 2.54 bits per heavy atom. The molecule has 0 fully saturated rings. The summed E-state index contributed by atoms with van der Waals surface area (Å²) >= 11 is 5.71. The highest BCUT2D eigenvalue weighted by Gasteiger charge is 2.32. The van der Waals surface area contributed by atoms with E-state index in [0.717, 1.165) is 17.2 Å². The summed E-state index contributed by atoms with van der Waals surface area (Å²) in [6, 6.07) is 8.20. The van der Waals surface area contributed by atoms with Gasteiger partial charge in [-0.2, -0.15) is 13.2 Å². The van der Waals surface area contributed by atoms with Gasteiger partial charge in [0.1, 0.15) is 0 Å². The van der Waals surface area contributed by atoms with Crippen molar-refractivity contribution in [2.24, 2.45) is 0 Å². The van der Waals surface area contributed by atoms with Crippen LogP contribution >= 0.6 is 11.6 Å². The van der Waals surface area contributed by atoms with Crippen molar-refractivity contribution < 1.29 is 18.0 Å². The van der Waals surface area contributed by atoms with E-state index in [0.29, 0.717) is 6.07 Å². The number of amides is 2. The first-order valence-corrected chi connectivity index (χ1v) is 7.32. The minimum Gasteiger partial charge on any atom is -0.396 e. The van der Waals surface area contributed by atoms with Gasteiger partial charge in [-0.25, -0.2) is 4.79 Å². The number of benzene rings is 2. The highest BCUT2D eigenvalue weighted by molar-refractivity contribution is 6.34. The molecule has 0 aromatic heterocycles. The van der Waals surface area contributed by atoms with E-state index < -0.39 is 17.8 Å². The zero-order valence-electron chi connectivity index (χ0n) is 12.7. The number of hydrogen-bond donors (Lipinski definition) is 3. The zero-order chi connectivity index (χ0) is 17.9. The molecule has 0 heterocycles. The molecule has 0 radical (unpaired) electrons. The maximum atomic E-state index is 12.8. The first-order valence-electron chi connectivity index (χ1n) is 6.94. The molecule has 4 N–H and O–H groups in total. The van der Waals surface area contributed by atoms with Gasteiger partial charge in [0, 0.05) is 6.54 Å². The van der Waals surface area contributed by atoms with Crippen molar-refractivity contribution in [2.45, 2.75) is 19.6 Å². The maximum Gasteiger partial charge on any atom is 0.416 e. The highest BCUT2D eigenvalue weighted by atomic mass is 35.5. The minimum absolute atomic E-state index is 0.129. The Balaban J connectivity index is 2.11. The number of halogens is 4. The zero-order valence-corrected chi connectivity index (χ0v) is 13.4. The van der Waals surface area contributed by atoms with Gasteiger partial charge in [-0.05, 0) is 30.2 Å². The normalized spacial score (nSPS) is 11.2. The molecule has 4 nitrogen and oxygen atoms in total. The molecular weight excluding hydrogens is 343 g/mol. The molecule has 2 aromatic carbocycles. The Hall–Kier alpha value is -2.41. The van der Waals surface area contributed by atoms with Crippen molar-refractivity contribution >= 4 is 29.0 Å². The minimum atomic E-state index is -4.59. The van der Waals surface area contributed by atoms with Crippen LogP contribution in [0, 0.1) is 6.92 Å². The number of carbonyl (C=O) groups excluding carboxylic acids is 1. The number of hydrogen-bond acceptors (Lipinski definition) is 2. The van der Waals surface area contributed by atoms with Crippen molar-refractivity contribution in [3.63, 3.8) is 0 Å². The van der Waals surface area contributed by atoms with Crippen LogP contribution in [-0.2, 0) is 12.7 Å². The van der Waals surface area contributed by atoms with Gasteiger partial charge in [0.05, 0.1) is 22.0 Å². The molecule has 0 unspecified atom stereocenters. The summed E-state index contributed by atoms with van der Waals surface area (Å²) in [7, 11) is 0. The lowest BCUT2D eigenvalue weighted by Gasteiger charge is -2.14. The summed E-state index contributed by atoms with van der Waals surface area (Å²) in [6.45, 7) is 2.12. The molecule has 128 valence electrons. The Bertz CT molecular complexity index is 763. The Morgan fingerprint density at radius 2 is 1.92 bits per heavy atom. The lowest BCUT2D eigenvalue weighted by molar-refractivity contribution is -0.137. The largest absolute Gasteiger partial charge is 0.416 e. The number of aryl methyl sites for hydroxylation is 1. The molecular formula is C16H15ClF3N3O. The van der Waals surface area contributed by atoms with Gasteiger partial charge >= 0.3 is 12.2 Å². The quantitative estimate of drug-likeness (QED) is 0.704. The summed E-state index contributed by atoms with van der Waals surface area (Å²) in [5.41, 5.74) is 6.19. The molecule has 0 atom stereocenters. The van der Waals surface area contributed by atoms with Crippen molar-refractivity contribution in [3.8, 4) is 0 Å². The predicted octanol–water partition coefficient (Wildman–Crippen LogP) is 4.57. The van der Waals surface area contributed by atoms with Gasteiger partial charge in [-0.1, -0.05) is 35.9 Å². The Morgan fingerprint density at radius 1 is 1.25 bits per heavy atom. The van der Waals surface area contributed by atoms with Crippen molar-refractivity contribution in [2.75, 3.05) is 11.1 Å². The number of urea groups is 1. The lowest BCUT2D eigenvalue weighted by atomic mass is 10.1. The smallest absolute Gasteiger partial charge is 0.396 e. The lowest BCUT2D eigenvalue weighted by Crippen LogP contribution is -2.29. The Kier molecular flexibility index (Phi) is 5.23. The van der Waals surface area contributed by atoms with E-state index in [4.69, 9.17) is 17.3 Å². The number of alkyl halides is 3. The second-order valence-corrected chi connectivity index (χ2v) is 5.56. The molecule has 0 aliphatic heterocycles. The molecule has 2 rings (SSSR count). The van der Waals surface area contributed by atoms with Crippen LogP contribution < -0.4 is 16.4 Å². The summed E-state index contributed by atoms with van der Waals surface area (Å²) in [5, 5.41) is 4.58. The third-order valence-corrected chi connectivity index (χ3v) is 3.72. The van der Waals surface area contributed by atoms with E-state index in [2.05, 4.69) is 10.6 Å². The van der Waals surface area contributed by atoms with E-state index in [1.807, 2.05) is 31.2 Å². The van der Waals surface area contributed by atoms with Crippen LogP contribution in [0.3, 0.4) is 0 Å². The molecule has 2 aromatic rings. The molecule has 0 spiro atoms. The van der Waals surface area contributed by atoms with Crippen LogP contribution in [0.1, 0.15) is 16.7 Å². The number of anilines is 2. The molecule has 2 amide bonds. The Labute approximate surface area is 141 Å². The van der Waals surface area contributed by atoms with Crippen LogP contribution in [0.2, 0.25) is 5.02 Å². The highest BCUT2D eigenvalue weighted by Crippen LogP contribution is 2.37. The summed E-state index contributed by atoms with van der Waals surface area (Å²) in [4.78, 5) is 11.9. The molecule has 24 heavy (non-hydrogen) atoms. The van der Waals surface area contributed by atoms with Crippen LogP contribution in [0.25, 0.3) is 0 Å². The number of nitrogen functional groups attached to an aromatic ring is 1. The number of nitrogens with one attached hydrogen (secondary N) is 2. The second-order valence-electron chi connectivity index (χ2n) is 5.15. The van der Waals surface area contributed by atoms with Crippen molar-refractivity contribution in [1.82, 2.24) is 5.32 Å². The van der Waals surface area contributed by atoms with Crippen molar-refractivity contribution in [3.05, 3.63) is 58.1 Å². The van der Waals surface area contributed by atoms with Crippen LogP contribution in [-0.4, -0.2) is 6.03 Å². The van der Waals surface area contributed by atoms with Gasteiger partial charge < -0.3 is 16.4 Å². The third-order valence-electron chi connectivity index (χ3n) is 3.41. The fraction of sp³-hybridized carbons (Fsp3) is 0.188. The fourth-order valence-corrected chi connectivity index (χ4v) is 2.25. The van der Waals surface area contributed by atoms with Gasteiger partial charge in [0.15, 0.2) is 0 Å². The van der Waals surface area contributed by atoms with E-state index in [-0.39, 0.29) is 22.9 Å². The van der Waals surface area contributed by atoms with E-state index in [1.54, 1.807) is 0 Å². The first kappa shape index (κ1) is 17.9. The van der Waals surface area contributed by atoms with Crippen molar-refractivity contribution in [1.29, 1.82) is 0 Å². The standard InChI is InChI=1S/C16H15ClF3N3O/c1-9-4-2-3-5-10(9)8-22-15(24)23-13-7-11(16(18,19)20)6-12(17)14(13)21/h2-7H,8,21H2,1H3,(H2,22,23,24). The fourth-order valence-electron chi connectivity index (χ4n) is 2.04. The predicted molar refractivity (Wildman–Crippen MR) is 87.9 cm³/mol. The topological polar surface area (TPSA) is 67.2 Å². The monoisotopic (exact) mass is 357 g/mol. The second kappa shape index (κ2) is 7.00. The van der Waals surface area contributed by atoms with Gasteiger partial charge in [0.25, 0.3) is 0 Å². The first-order chi connectivity index (χ1) is 11.2. The summed E-state index contributed by atoms with van der Waals surface area (Å²) in [6.07, 6.45) is -4.59. The SMILES string of the molecule is Cc1ccccc1CNC(=O)Nc1cc(C(F)(F)F)cc(Cl)c1N. The molecule has 8 heteroatoms. The average Bonchev–Trinajstić information content (AvgIpc) is 2.50. The van der Waals surface area contributed by atoms with E-state index in [9.17, 15) is 18.0 Å². The van der Waals surface area contributed by atoms with Gasteiger partial charge in [-0.15, -0.1) is 0 Å². The molecule has 0 bridgehead atoms. The third kappa shape index (κ3) is 4.32. The molecule has 0 saturated heterocycles. The van der Waals surface area contributed by atoms with Crippen LogP contribution in [0.4, 0.5) is 29.3 Å². The van der Waals surface area contributed by atoms with Crippen LogP contribution in [0.5, 0.6) is 0 Å². The molecule has 0 aliphatic rings. The number of rotatable bonds is 3. The average molecular weight is 358 g/mol. The molecule has 0 aliphatic carbocycles. The van der Waals surface area contributed by atoms with E-state index >= 15 is 0 Å². The molecule has 0 saturated carbocycles.